The Kier molecular flexibility index (Phi) is 10.4. The van der Waals surface area contributed by atoms with E-state index in [0.29, 0.717) is 0 Å². The fourth-order valence-electron chi connectivity index (χ4n) is 5.05. The average molecular weight is 532 g/mol. The van der Waals surface area contributed by atoms with E-state index < -0.39 is 18.4 Å². The van der Waals surface area contributed by atoms with Crippen molar-refractivity contribution in [3.8, 4) is 0 Å². The van der Waals surface area contributed by atoms with Crippen LogP contribution in [0.1, 0.15) is 76.0 Å². The third kappa shape index (κ3) is 6.50. The summed E-state index contributed by atoms with van der Waals surface area (Å²) in [5.41, 5.74) is 3.93. The van der Waals surface area contributed by atoms with E-state index in [9.17, 15) is 0 Å². The maximum absolute atomic E-state index is 2.54. The van der Waals surface area contributed by atoms with E-state index in [0.717, 1.165) is 0 Å². The molecular formula is C31H41Sn. The Balaban J connectivity index is 1.99. The second-order valence-electron chi connectivity index (χ2n) is 9.28. The molecule has 0 bridgehead atoms. The predicted octanol–water partition coefficient (Wildman–Crippen LogP) is 8.76. The molecule has 0 aliphatic carbocycles. The van der Waals surface area contributed by atoms with E-state index in [-0.39, 0.29) is 0 Å². The van der Waals surface area contributed by atoms with E-state index in [1.165, 1.54) is 74.4 Å². The van der Waals surface area contributed by atoms with Gasteiger partial charge in [-0.05, 0) is 0 Å². The molecule has 3 rings (SSSR count). The van der Waals surface area contributed by atoms with Gasteiger partial charge in [-0.1, -0.05) is 0 Å². The molecule has 0 aliphatic rings. The van der Waals surface area contributed by atoms with Crippen LogP contribution in [0.25, 0.3) is 0 Å². The molecule has 3 aromatic carbocycles. The number of benzene rings is 3. The molecule has 0 nitrogen and oxygen atoms in total. The van der Waals surface area contributed by atoms with Gasteiger partial charge in [-0.2, -0.15) is 0 Å². The summed E-state index contributed by atoms with van der Waals surface area (Å²) < 4.78 is 6.34. The molecule has 32 heavy (non-hydrogen) atoms. The van der Waals surface area contributed by atoms with Crippen LogP contribution >= 0.6 is 0 Å². The van der Waals surface area contributed by atoms with Gasteiger partial charge >= 0.3 is 202 Å². The molecule has 0 aliphatic heterocycles. The molecule has 0 atom stereocenters. The zero-order valence-electron chi connectivity index (χ0n) is 20.4. The van der Waals surface area contributed by atoms with Crippen molar-refractivity contribution in [1.82, 2.24) is 0 Å². The number of hydrogen-bond acceptors (Lipinski definition) is 0. The van der Waals surface area contributed by atoms with Crippen LogP contribution in [0.3, 0.4) is 0 Å². The van der Waals surface area contributed by atoms with E-state index >= 15 is 0 Å². The molecular weight excluding hydrogens is 491 g/mol. The minimum absolute atomic E-state index is 1.30. The number of unbranched alkanes of at least 4 members (excludes halogenated alkanes) is 3. The first-order chi connectivity index (χ1) is 15.7. The average Bonchev–Trinajstić information content (AvgIpc) is 2.86. The third-order valence-electron chi connectivity index (χ3n) is 6.94. The normalized spacial score (nSPS) is 11.8. The molecule has 0 N–H and O–H groups in total. The van der Waals surface area contributed by atoms with Crippen LogP contribution in [0.5, 0.6) is 0 Å². The zero-order valence-corrected chi connectivity index (χ0v) is 23.3. The van der Waals surface area contributed by atoms with Gasteiger partial charge in [0.1, 0.15) is 0 Å². The minimum atomic E-state index is -2.38. The number of hydrogen-bond donors (Lipinski definition) is 0. The molecule has 0 heterocycles. The van der Waals surface area contributed by atoms with Crippen LogP contribution in [0.2, 0.25) is 13.3 Å². The van der Waals surface area contributed by atoms with Gasteiger partial charge in [0, 0.05) is 0 Å². The van der Waals surface area contributed by atoms with Gasteiger partial charge in [-0.25, -0.2) is 0 Å². The molecule has 1 radical (unpaired) electrons. The third-order valence-corrected chi connectivity index (χ3v) is 22.6. The summed E-state index contributed by atoms with van der Waals surface area (Å²) in [5.74, 6) is 1.34. The Bertz CT molecular complexity index is 821. The van der Waals surface area contributed by atoms with Crippen LogP contribution in [-0.4, -0.2) is 18.4 Å². The van der Waals surface area contributed by atoms with Gasteiger partial charge in [-0.3, -0.25) is 0 Å². The molecule has 0 saturated heterocycles. The molecule has 3 aromatic rings. The Morgan fingerprint density at radius 1 is 0.500 bits per heavy atom. The molecule has 0 amide bonds. The first kappa shape index (κ1) is 25.1. The van der Waals surface area contributed by atoms with Crippen molar-refractivity contribution in [1.29, 1.82) is 0 Å². The molecule has 0 aromatic heterocycles. The second-order valence-corrected chi connectivity index (χ2v) is 22.5. The Hall–Kier alpha value is -1.54. The summed E-state index contributed by atoms with van der Waals surface area (Å²) in [7, 11) is 0. The van der Waals surface area contributed by atoms with Crippen LogP contribution < -0.4 is 3.58 Å². The maximum atomic E-state index is 2.54. The van der Waals surface area contributed by atoms with Gasteiger partial charge in [-0.15, -0.1) is 0 Å². The van der Waals surface area contributed by atoms with Gasteiger partial charge in [0.05, 0.1) is 0 Å². The monoisotopic (exact) mass is 533 g/mol. The quantitative estimate of drug-likeness (QED) is 0.153. The predicted molar refractivity (Wildman–Crippen MR) is 144 cm³/mol. The summed E-state index contributed by atoms with van der Waals surface area (Å²) in [6, 6.07) is 31.7. The summed E-state index contributed by atoms with van der Waals surface area (Å²) in [6.07, 6.45) is 8.23. The molecule has 1 heteroatoms. The Morgan fingerprint density at radius 3 is 1.25 bits per heavy atom. The standard InChI is InChI=1S/C19H14.3C4H9.Sn/c1-4-10-16(11-5-1)19(17-12-6-2-7-13-17)18-14-8-3-9-15-18;3*1-3-4-2;/h1-2,4-15H;3*1,3-4H2,2H3;. The van der Waals surface area contributed by atoms with E-state index in [4.69, 9.17) is 0 Å². The van der Waals surface area contributed by atoms with Crippen molar-refractivity contribution >= 4 is 22.0 Å². The van der Waals surface area contributed by atoms with Gasteiger partial charge < -0.3 is 0 Å². The topological polar surface area (TPSA) is 0 Å². The first-order valence-corrected chi connectivity index (χ1v) is 20.3. The van der Waals surface area contributed by atoms with E-state index in [2.05, 4.69) is 106 Å². The summed E-state index contributed by atoms with van der Waals surface area (Å²) in [6.45, 7) is 7.08. The van der Waals surface area contributed by atoms with E-state index in [1.807, 2.05) is 0 Å². The molecule has 0 spiro atoms. The van der Waals surface area contributed by atoms with Gasteiger partial charge in [0.2, 0.25) is 0 Å². The molecule has 0 saturated carbocycles. The molecule has 0 fully saturated rings. The van der Waals surface area contributed by atoms with Gasteiger partial charge in [0.25, 0.3) is 0 Å². The summed E-state index contributed by atoms with van der Waals surface area (Å²) >= 11 is -2.38. The van der Waals surface area contributed by atoms with Crippen LogP contribution in [-0.2, 0) is 0 Å². The Morgan fingerprint density at radius 2 is 0.875 bits per heavy atom. The van der Waals surface area contributed by atoms with Gasteiger partial charge in [0.15, 0.2) is 0 Å². The van der Waals surface area contributed by atoms with Crippen molar-refractivity contribution in [2.45, 2.75) is 72.6 Å². The summed E-state index contributed by atoms with van der Waals surface area (Å²) in [5, 5.41) is 0. The van der Waals surface area contributed by atoms with Crippen LogP contribution in [0, 0.1) is 5.92 Å². The molecule has 0 unspecified atom stereocenters. The fourth-order valence-corrected chi connectivity index (χ4v) is 21.0. The Labute approximate surface area is 201 Å². The van der Waals surface area contributed by atoms with E-state index in [1.54, 1.807) is 3.58 Å². The number of rotatable bonds is 13. The van der Waals surface area contributed by atoms with Crippen LogP contribution in [0.15, 0.2) is 84.9 Å². The summed E-state index contributed by atoms with van der Waals surface area (Å²) in [4.78, 5) is 0. The van der Waals surface area contributed by atoms with Crippen molar-refractivity contribution in [2.24, 2.45) is 0 Å². The van der Waals surface area contributed by atoms with Crippen LogP contribution in [0.4, 0.5) is 0 Å². The van der Waals surface area contributed by atoms with Crippen molar-refractivity contribution < 1.29 is 0 Å². The zero-order chi connectivity index (χ0) is 22.7. The molecule has 169 valence electrons. The fraction of sp³-hybridized carbons (Fsp3) is 0.387. The second kappa shape index (κ2) is 13.2. The van der Waals surface area contributed by atoms with Crippen molar-refractivity contribution in [3.63, 3.8) is 0 Å². The van der Waals surface area contributed by atoms with Crippen molar-refractivity contribution in [2.75, 3.05) is 0 Å². The van der Waals surface area contributed by atoms with Crippen molar-refractivity contribution in [3.05, 3.63) is 108 Å². The SMILES string of the molecule is CCC[CH2][Sn]([CH2]CCC)([CH2]CCC)[c]1ccc([C](c2ccccc2)c2ccccc2)cc1. The first-order valence-electron chi connectivity index (χ1n) is 12.8.